The Morgan fingerprint density at radius 3 is 2.32 bits per heavy atom. The highest BCUT2D eigenvalue weighted by Gasteiger charge is 2.09. The van der Waals surface area contributed by atoms with Gasteiger partial charge in [-0.2, -0.15) is 0 Å². The number of likely N-dealkylation sites (N-methyl/N-ethyl adjacent to an activating group) is 1. The Morgan fingerprint density at radius 2 is 1.79 bits per heavy atom. The summed E-state index contributed by atoms with van der Waals surface area (Å²) in [4.78, 5) is 2.23. The first-order chi connectivity index (χ1) is 9.17. The van der Waals surface area contributed by atoms with Gasteiger partial charge in [-0.3, -0.25) is 16.0 Å². The normalized spacial score (nSPS) is 14.8. The lowest BCUT2D eigenvalue weighted by atomic mass is 10.4. The van der Waals surface area contributed by atoms with E-state index < -0.39 is 0 Å². The first-order valence-electron chi connectivity index (χ1n) is 7.41. The molecule has 0 aromatic rings. The van der Waals surface area contributed by atoms with Crippen molar-refractivity contribution < 1.29 is 5.11 Å². The highest BCUT2D eigenvalue weighted by atomic mass is 16.3. The van der Waals surface area contributed by atoms with Gasteiger partial charge in [0.25, 0.3) is 0 Å². The predicted molar refractivity (Wildman–Crippen MR) is 80.9 cm³/mol. The van der Waals surface area contributed by atoms with Crippen LogP contribution in [-0.2, 0) is 0 Å². The molecule has 0 heterocycles. The predicted octanol–water partition coefficient (Wildman–Crippen LogP) is -0.672. The van der Waals surface area contributed by atoms with Gasteiger partial charge >= 0.3 is 0 Å². The third kappa shape index (κ3) is 10.2. The second kappa shape index (κ2) is 12.8. The summed E-state index contributed by atoms with van der Waals surface area (Å²) in [5.41, 5.74) is 0. The number of nitrogens with zero attached hydrogens (tertiary/aromatic N) is 1. The second-order valence-electron chi connectivity index (χ2n) is 4.68. The summed E-state index contributed by atoms with van der Waals surface area (Å²) in [6.45, 7) is 11.1. The van der Waals surface area contributed by atoms with Gasteiger partial charge in [0.2, 0.25) is 0 Å². The minimum atomic E-state index is 0.107. The molecule has 0 bridgehead atoms. The van der Waals surface area contributed by atoms with Crippen molar-refractivity contribution in [2.24, 2.45) is 0 Å². The Kier molecular flexibility index (Phi) is 12.6. The van der Waals surface area contributed by atoms with Crippen LogP contribution >= 0.6 is 0 Å². The first-order valence-corrected chi connectivity index (χ1v) is 7.41. The van der Waals surface area contributed by atoms with Crippen LogP contribution in [0.25, 0.3) is 0 Å². The third-order valence-corrected chi connectivity index (χ3v) is 3.09. The van der Waals surface area contributed by atoms with Gasteiger partial charge in [-0.1, -0.05) is 13.8 Å². The highest BCUT2D eigenvalue weighted by Crippen LogP contribution is 1.86. The van der Waals surface area contributed by atoms with Crippen LogP contribution in [0.3, 0.4) is 0 Å². The van der Waals surface area contributed by atoms with Gasteiger partial charge in [0.05, 0.1) is 12.8 Å². The molecule has 0 saturated carbocycles. The fourth-order valence-electron chi connectivity index (χ4n) is 1.75. The molecule has 0 aliphatic rings. The van der Waals surface area contributed by atoms with E-state index in [2.05, 4.69) is 46.9 Å². The molecule has 0 aromatic carbocycles. The Balaban J connectivity index is 3.95. The standard InChI is InChI=1S/C13H33N5O/c1-5-7-15-13(17-12(3)14-4)16-8-9-18(6-2)10-11-19/h12-17,19H,5-11H2,1-4H3/t12?,13-/m1/s1. The van der Waals surface area contributed by atoms with E-state index in [1.807, 2.05) is 7.05 Å². The Morgan fingerprint density at radius 1 is 1.11 bits per heavy atom. The van der Waals surface area contributed by atoms with E-state index in [4.69, 9.17) is 5.11 Å². The Hall–Kier alpha value is -0.240. The summed E-state index contributed by atoms with van der Waals surface area (Å²) in [7, 11) is 1.94. The quantitative estimate of drug-likeness (QED) is 0.287. The van der Waals surface area contributed by atoms with Gasteiger partial charge < -0.3 is 15.3 Å². The van der Waals surface area contributed by atoms with Crippen molar-refractivity contribution in [2.75, 3.05) is 46.4 Å². The Bertz CT molecular complexity index is 194. The molecule has 1 unspecified atom stereocenters. The van der Waals surface area contributed by atoms with Gasteiger partial charge in [-0.15, -0.1) is 0 Å². The van der Waals surface area contributed by atoms with Crippen LogP contribution < -0.4 is 21.3 Å². The van der Waals surface area contributed by atoms with E-state index >= 15 is 0 Å². The molecule has 0 amide bonds. The number of aliphatic hydroxyl groups is 1. The summed E-state index contributed by atoms with van der Waals surface area (Å²) in [6.07, 6.45) is 1.47. The SMILES string of the molecule is CCCN[C@H](NCCN(CC)CCO)NC(C)NC. The molecule has 2 atom stereocenters. The number of hydrogen-bond donors (Lipinski definition) is 5. The number of rotatable bonds is 13. The number of hydrogen-bond acceptors (Lipinski definition) is 6. The monoisotopic (exact) mass is 275 g/mol. The summed E-state index contributed by atoms with van der Waals surface area (Å²) in [6, 6.07) is 0. The molecule has 0 radical (unpaired) electrons. The molecular formula is C13H33N5O. The third-order valence-electron chi connectivity index (χ3n) is 3.09. The van der Waals surface area contributed by atoms with Crippen LogP contribution in [0.15, 0.2) is 0 Å². The molecule has 0 aromatic heterocycles. The van der Waals surface area contributed by atoms with Crippen molar-refractivity contribution in [3.05, 3.63) is 0 Å². The molecule has 6 nitrogen and oxygen atoms in total. The van der Waals surface area contributed by atoms with Crippen molar-refractivity contribution in [2.45, 2.75) is 39.6 Å². The molecule has 5 N–H and O–H groups in total. The van der Waals surface area contributed by atoms with E-state index in [0.717, 1.165) is 39.1 Å². The van der Waals surface area contributed by atoms with Gasteiger partial charge in [0.1, 0.15) is 6.29 Å². The smallest absolute Gasteiger partial charge is 0.113 e. The van der Waals surface area contributed by atoms with Crippen LogP contribution in [0, 0.1) is 0 Å². The van der Waals surface area contributed by atoms with Crippen LogP contribution in [0.2, 0.25) is 0 Å². The van der Waals surface area contributed by atoms with Crippen molar-refractivity contribution >= 4 is 0 Å². The van der Waals surface area contributed by atoms with Gasteiger partial charge in [-0.05, 0) is 33.5 Å². The van der Waals surface area contributed by atoms with Crippen LogP contribution in [0.5, 0.6) is 0 Å². The minimum absolute atomic E-state index is 0.107. The summed E-state index contributed by atoms with van der Waals surface area (Å²) < 4.78 is 0. The van der Waals surface area contributed by atoms with Crippen molar-refractivity contribution in [1.82, 2.24) is 26.2 Å². The Labute approximate surface area is 118 Å². The van der Waals surface area contributed by atoms with Crippen LogP contribution in [0.1, 0.15) is 27.2 Å². The largest absolute Gasteiger partial charge is 0.395 e. The van der Waals surface area contributed by atoms with Gasteiger partial charge in [-0.25, -0.2) is 0 Å². The minimum Gasteiger partial charge on any atom is -0.395 e. The average molecular weight is 275 g/mol. The first kappa shape index (κ1) is 18.8. The van der Waals surface area contributed by atoms with Crippen LogP contribution in [-0.4, -0.2) is 68.8 Å². The lowest BCUT2D eigenvalue weighted by Crippen LogP contribution is -2.59. The molecular weight excluding hydrogens is 242 g/mol. The fraction of sp³-hybridized carbons (Fsp3) is 1.00. The molecule has 19 heavy (non-hydrogen) atoms. The average Bonchev–Trinajstić information content (AvgIpc) is 2.43. The van der Waals surface area contributed by atoms with E-state index in [9.17, 15) is 0 Å². The van der Waals surface area contributed by atoms with E-state index in [1.54, 1.807) is 0 Å². The summed E-state index contributed by atoms with van der Waals surface area (Å²) in [5, 5.41) is 22.4. The molecule has 0 aliphatic carbocycles. The highest BCUT2D eigenvalue weighted by molar-refractivity contribution is 4.67. The molecule has 116 valence electrons. The molecule has 0 aliphatic heterocycles. The van der Waals surface area contributed by atoms with E-state index in [0.29, 0.717) is 0 Å². The second-order valence-corrected chi connectivity index (χ2v) is 4.68. The maximum absolute atomic E-state index is 8.95. The molecule has 0 saturated heterocycles. The van der Waals surface area contributed by atoms with Crippen molar-refractivity contribution in [1.29, 1.82) is 0 Å². The topological polar surface area (TPSA) is 71.6 Å². The van der Waals surface area contributed by atoms with Gasteiger partial charge in [0.15, 0.2) is 0 Å². The van der Waals surface area contributed by atoms with Crippen LogP contribution in [0.4, 0.5) is 0 Å². The van der Waals surface area contributed by atoms with Gasteiger partial charge in [0, 0.05) is 19.6 Å². The van der Waals surface area contributed by atoms with Crippen molar-refractivity contribution in [3.63, 3.8) is 0 Å². The number of aliphatic hydroxyl groups excluding tert-OH is 1. The lowest BCUT2D eigenvalue weighted by Gasteiger charge is -2.27. The van der Waals surface area contributed by atoms with E-state index in [1.165, 1.54) is 0 Å². The molecule has 0 spiro atoms. The number of nitrogens with one attached hydrogen (secondary N) is 4. The molecule has 6 heteroatoms. The molecule has 0 rings (SSSR count). The lowest BCUT2D eigenvalue weighted by molar-refractivity contribution is 0.196. The fourth-order valence-corrected chi connectivity index (χ4v) is 1.75. The zero-order valence-electron chi connectivity index (χ0n) is 13.0. The zero-order valence-corrected chi connectivity index (χ0v) is 13.0. The van der Waals surface area contributed by atoms with Crippen molar-refractivity contribution in [3.8, 4) is 0 Å². The molecule has 0 fully saturated rings. The maximum atomic E-state index is 8.95. The summed E-state index contributed by atoms with van der Waals surface area (Å²) in [5.74, 6) is 0. The zero-order chi connectivity index (χ0) is 14.5. The summed E-state index contributed by atoms with van der Waals surface area (Å²) >= 11 is 0. The van der Waals surface area contributed by atoms with E-state index in [-0.39, 0.29) is 19.1 Å². The maximum Gasteiger partial charge on any atom is 0.113 e.